The smallest absolute Gasteiger partial charge is 0.211 e. The Hall–Kier alpha value is -7.39. The zero-order valence-electron chi connectivity index (χ0n) is 26.7. The molecule has 9 rings (SSSR count). The molecule has 0 saturated carbocycles. The summed E-state index contributed by atoms with van der Waals surface area (Å²) in [5, 5.41) is 24.3. The first-order chi connectivity index (χ1) is 24.7. The molecule has 5 heteroatoms. The van der Waals surface area contributed by atoms with Crippen molar-refractivity contribution >= 4 is 49.3 Å². The summed E-state index contributed by atoms with van der Waals surface area (Å²) < 4.78 is 4.41. The van der Waals surface area contributed by atoms with Crippen LogP contribution in [0, 0.1) is 29.2 Å². The molecular formula is C45H25N5. The summed E-state index contributed by atoms with van der Waals surface area (Å²) >= 11 is 0. The van der Waals surface area contributed by atoms with Gasteiger partial charge in [0.25, 0.3) is 0 Å². The second kappa shape index (κ2) is 11.4. The molecule has 0 amide bonds. The number of aromatic nitrogens is 2. The van der Waals surface area contributed by atoms with Crippen molar-refractivity contribution in [3.05, 3.63) is 174 Å². The van der Waals surface area contributed by atoms with Gasteiger partial charge in [-0.05, 0) is 77.4 Å². The van der Waals surface area contributed by atoms with Gasteiger partial charge in [0.2, 0.25) is 5.69 Å². The molecule has 0 atom stereocenters. The third kappa shape index (κ3) is 4.31. The lowest BCUT2D eigenvalue weighted by Gasteiger charge is -2.17. The van der Waals surface area contributed by atoms with E-state index >= 15 is 0 Å². The highest BCUT2D eigenvalue weighted by Crippen LogP contribution is 2.42. The maximum absolute atomic E-state index is 10.3. The van der Waals surface area contributed by atoms with E-state index in [0.29, 0.717) is 16.8 Å². The third-order valence-corrected chi connectivity index (χ3v) is 9.61. The molecule has 7 aromatic carbocycles. The zero-order valence-corrected chi connectivity index (χ0v) is 26.7. The minimum Gasteiger partial charge on any atom is -0.318 e. The van der Waals surface area contributed by atoms with Crippen molar-refractivity contribution in [3.63, 3.8) is 0 Å². The van der Waals surface area contributed by atoms with Crippen LogP contribution in [0.5, 0.6) is 0 Å². The number of benzene rings is 7. The quantitative estimate of drug-likeness (QED) is 0.181. The van der Waals surface area contributed by atoms with Crippen LogP contribution in [0.15, 0.2) is 152 Å². The van der Waals surface area contributed by atoms with Crippen molar-refractivity contribution in [2.24, 2.45) is 0 Å². The van der Waals surface area contributed by atoms with E-state index in [1.54, 1.807) is 0 Å². The van der Waals surface area contributed by atoms with Crippen molar-refractivity contribution in [1.82, 2.24) is 9.13 Å². The molecular weight excluding hydrogens is 611 g/mol. The molecule has 0 saturated heterocycles. The molecule has 9 aromatic rings. The maximum Gasteiger partial charge on any atom is 0.211 e. The Morgan fingerprint density at radius 1 is 0.480 bits per heavy atom. The summed E-state index contributed by atoms with van der Waals surface area (Å²) in [6.45, 7) is 8.20. The maximum atomic E-state index is 10.3. The minimum absolute atomic E-state index is 0.508. The van der Waals surface area contributed by atoms with Crippen LogP contribution in [-0.4, -0.2) is 9.13 Å². The normalized spacial score (nSPS) is 11.1. The van der Waals surface area contributed by atoms with E-state index in [0.717, 1.165) is 66.5 Å². The van der Waals surface area contributed by atoms with Crippen molar-refractivity contribution in [2.45, 2.75) is 0 Å². The van der Waals surface area contributed by atoms with E-state index in [2.05, 4.69) is 105 Å². The number of fused-ring (bicyclic) bond motifs is 6. The topological polar surface area (TPSA) is 61.8 Å². The van der Waals surface area contributed by atoms with Crippen molar-refractivity contribution in [1.29, 1.82) is 10.5 Å². The van der Waals surface area contributed by atoms with Crippen molar-refractivity contribution < 1.29 is 0 Å². The number of nitrogens with zero attached hydrogens (tertiary/aromatic N) is 5. The van der Waals surface area contributed by atoms with E-state index in [1.807, 2.05) is 72.8 Å². The Balaban J connectivity index is 1.27. The van der Waals surface area contributed by atoms with E-state index < -0.39 is 0 Å². The van der Waals surface area contributed by atoms with Gasteiger partial charge in [0, 0.05) is 32.8 Å². The van der Waals surface area contributed by atoms with E-state index in [1.165, 1.54) is 10.8 Å². The first-order valence-electron chi connectivity index (χ1n) is 16.3. The SMILES string of the molecule is [C-]#[N+]c1cccc(-c2ccc(C#N)c(-c3cccc(-n4c5ccccc5c5ccccc54)c3)c2)c1-n1c2ccccc2c2cc(C#N)ccc21. The first-order valence-corrected chi connectivity index (χ1v) is 16.3. The lowest BCUT2D eigenvalue weighted by atomic mass is 9.93. The number of hydrogen-bond acceptors (Lipinski definition) is 2. The molecule has 0 bridgehead atoms. The summed E-state index contributed by atoms with van der Waals surface area (Å²) in [6, 6.07) is 55.4. The number of rotatable bonds is 4. The summed E-state index contributed by atoms with van der Waals surface area (Å²) in [5.74, 6) is 0. The van der Waals surface area contributed by atoms with Gasteiger partial charge in [-0.1, -0.05) is 91.0 Å². The van der Waals surface area contributed by atoms with Crippen LogP contribution in [0.4, 0.5) is 5.69 Å². The monoisotopic (exact) mass is 635 g/mol. The van der Waals surface area contributed by atoms with Crippen LogP contribution >= 0.6 is 0 Å². The molecule has 0 radical (unpaired) electrons. The van der Waals surface area contributed by atoms with Gasteiger partial charge in [0.1, 0.15) is 0 Å². The molecule has 5 nitrogen and oxygen atoms in total. The average Bonchev–Trinajstić information content (AvgIpc) is 3.70. The fraction of sp³-hybridized carbons (Fsp3) is 0. The largest absolute Gasteiger partial charge is 0.318 e. The van der Waals surface area contributed by atoms with Gasteiger partial charge < -0.3 is 9.13 Å². The van der Waals surface area contributed by atoms with Gasteiger partial charge in [-0.25, -0.2) is 4.85 Å². The van der Waals surface area contributed by atoms with Crippen molar-refractivity contribution in [3.8, 4) is 45.8 Å². The van der Waals surface area contributed by atoms with Gasteiger partial charge in [0.15, 0.2) is 0 Å². The fourth-order valence-corrected chi connectivity index (χ4v) is 7.43. The summed E-state index contributed by atoms with van der Waals surface area (Å²) in [5.41, 5.74) is 11.0. The number of para-hydroxylation sites is 4. The molecule has 230 valence electrons. The Bertz CT molecular complexity index is 2920. The van der Waals surface area contributed by atoms with Gasteiger partial charge in [-0.15, -0.1) is 0 Å². The molecule has 0 aliphatic rings. The van der Waals surface area contributed by atoms with Gasteiger partial charge >= 0.3 is 0 Å². The van der Waals surface area contributed by atoms with E-state index in [4.69, 9.17) is 6.57 Å². The molecule has 0 spiro atoms. The zero-order chi connectivity index (χ0) is 33.8. The Morgan fingerprint density at radius 3 is 1.78 bits per heavy atom. The van der Waals surface area contributed by atoms with Crippen LogP contribution < -0.4 is 0 Å². The molecule has 0 fully saturated rings. The number of nitriles is 2. The third-order valence-electron chi connectivity index (χ3n) is 9.61. The standard InChI is InChI=1S/C45H25N5/c1-48-40-16-9-15-34(45(40)50-43-19-7-4-14-37(43)39-24-29(27-46)20-23-44(39)50)31-21-22-32(28-47)38(26-31)30-10-8-11-33(25-30)49-41-17-5-2-12-35(41)36-13-3-6-18-42(36)49/h2-26H. The van der Waals surface area contributed by atoms with Crippen LogP contribution in [0.25, 0.3) is 82.1 Å². The van der Waals surface area contributed by atoms with Gasteiger partial charge in [-0.2, -0.15) is 10.5 Å². The highest BCUT2D eigenvalue weighted by Gasteiger charge is 2.20. The Kier molecular flexibility index (Phi) is 6.56. The predicted octanol–water partition coefficient (Wildman–Crippen LogP) is 11.5. The van der Waals surface area contributed by atoms with Crippen LogP contribution in [0.2, 0.25) is 0 Å². The van der Waals surface area contributed by atoms with Crippen LogP contribution in [0.1, 0.15) is 11.1 Å². The molecule has 0 N–H and O–H groups in total. The lowest BCUT2D eigenvalue weighted by molar-refractivity contribution is 1.18. The van der Waals surface area contributed by atoms with E-state index in [9.17, 15) is 10.5 Å². The summed E-state index contributed by atoms with van der Waals surface area (Å²) in [7, 11) is 0. The average molecular weight is 636 g/mol. The minimum atomic E-state index is 0.508. The number of hydrogen-bond donors (Lipinski definition) is 0. The highest BCUT2D eigenvalue weighted by molar-refractivity contribution is 6.11. The van der Waals surface area contributed by atoms with Gasteiger partial charge in [-0.3, -0.25) is 0 Å². The lowest BCUT2D eigenvalue weighted by Crippen LogP contribution is -1.98. The Morgan fingerprint density at radius 2 is 1.10 bits per heavy atom. The summed E-state index contributed by atoms with van der Waals surface area (Å²) in [4.78, 5) is 3.99. The first kappa shape index (κ1) is 28.8. The van der Waals surface area contributed by atoms with Crippen LogP contribution in [0.3, 0.4) is 0 Å². The predicted molar refractivity (Wildman–Crippen MR) is 202 cm³/mol. The fourth-order valence-electron chi connectivity index (χ4n) is 7.43. The molecule has 0 aliphatic heterocycles. The molecule has 2 aromatic heterocycles. The second-order valence-electron chi connectivity index (χ2n) is 12.3. The summed E-state index contributed by atoms with van der Waals surface area (Å²) in [6.07, 6.45) is 0. The van der Waals surface area contributed by atoms with Gasteiger partial charge in [0.05, 0.1) is 57.6 Å². The second-order valence-corrected chi connectivity index (χ2v) is 12.3. The molecule has 50 heavy (non-hydrogen) atoms. The van der Waals surface area contributed by atoms with Crippen molar-refractivity contribution in [2.75, 3.05) is 0 Å². The molecule has 0 unspecified atom stereocenters. The molecule has 2 heterocycles. The molecule has 0 aliphatic carbocycles. The van der Waals surface area contributed by atoms with E-state index in [-0.39, 0.29) is 0 Å². The highest BCUT2D eigenvalue weighted by atomic mass is 15.0. The Labute approximate surface area is 288 Å². The van der Waals surface area contributed by atoms with Crippen LogP contribution in [-0.2, 0) is 0 Å².